The van der Waals surface area contributed by atoms with Crippen molar-refractivity contribution in [2.24, 2.45) is 5.92 Å². The summed E-state index contributed by atoms with van der Waals surface area (Å²) < 4.78 is 5.42. The highest BCUT2D eigenvalue weighted by Crippen LogP contribution is 2.29. The number of ether oxygens (including phenoxy) is 1. The van der Waals surface area contributed by atoms with E-state index in [1.807, 2.05) is 37.3 Å². The quantitative estimate of drug-likeness (QED) is 0.587. The summed E-state index contributed by atoms with van der Waals surface area (Å²) in [5.41, 5.74) is 1.03. The third kappa shape index (κ3) is 5.58. The van der Waals surface area contributed by atoms with Crippen molar-refractivity contribution in [3.05, 3.63) is 35.9 Å². The summed E-state index contributed by atoms with van der Waals surface area (Å²) in [6.45, 7) is 3.89. The largest absolute Gasteiger partial charge is 0.452 e. The van der Waals surface area contributed by atoms with Crippen molar-refractivity contribution >= 4 is 17.8 Å². The van der Waals surface area contributed by atoms with Crippen LogP contribution in [-0.4, -0.2) is 41.4 Å². The molecule has 1 heterocycles. The van der Waals surface area contributed by atoms with Gasteiger partial charge in [-0.05, 0) is 32.3 Å². The predicted octanol–water partition coefficient (Wildman–Crippen LogP) is 3.37. The third-order valence-corrected chi connectivity index (χ3v) is 6.10. The van der Waals surface area contributed by atoms with Gasteiger partial charge in [-0.15, -0.1) is 0 Å². The van der Waals surface area contributed by atoms with Crippen molar-refractivity contribution in [1.82, 2.24) is 10.2 Å². The van der Waals surface area contributed by atoms with Gasteiger partial charge in [0.15, 0.2) is 6.10 Å². The van der Waals surface area contributed by atoms with E-state index in [-0.39, 0.29) is 30.3 Å². The van der Waals surface area contributed by atoms with E-state index in [0.29, 0.717) is 6.54 Å². The van der Waals surface area contributed by atoms with Gasteiger partial charge in [0.05, 0.1) is 12.0 Å². The van der Waals surface area contributed by atoms with Crippen molar-refractivity contribution < 1.29 is 19.1 Å². The molecule has 0 spiro atoms. The molecule has 1 saturated heterocycles. The first-order valence-electron chi connectivity index (χ1n) is 10.8. The second-order valence-corrected chi connectivity index (χ2v) is 8.31. The number of nitrogens with one attached hydrogen (secondary N) is 1. The Morgan fingerprint density at radius 3 is 2.38 bits per heavy atom. The first-order valence-corrected chi connectivity index (χ1v) is 10.8. The monoisotopic (exact) mass is 400 g/mol. The van der Waals surface area contributed by atoms with E-state index >= 15 is 0 Å². The first kappa shape index (κ1) is 21.3. The maximum absolute atomic E-state index is 12.6. The van der Waals surface area contributed by atoms with Crippen molar-refractivity contribution in [3.8, 4) is 0 Å². The molecule has 1 aliphatic heterocycles. The number of carbonyl (C=O) groups is 3. The SMILES string of the molecule is C[C@H](OC(=O)[C@@H]1CC(=O)N([C@H](C)c2ccccc2)C1)C(=O)NC1CCCCCC1. The lowest BCUT2D eigenvalue weighted by Gasteiger charge is -2.25. The van der Waals surface area contributed by atoms with Gasteiger partial charge >= 0.3 is 5.97 Å². The van der Waals surface area contributed by atoms with E-state index in [2.05, 4.69) is 5.32 Å². The Morgan fingerprint density at radius 2 is 1.72 bits per heavy atom. The molecule has 0 unspecified atom stereocenters. The minimum Gasteiger partial charge on any atom is -0.452 e. The van der Waals surface area contributed by atoms with Crippen molar-refractivity contribution in [2.75, 3.05) is 6.54 Å². The van der Waals surface area contributed by atoms with Crippen LogP contribution in [0.25, 0.3) is 0 Å². The molecule has 0 radical (unpaired) electrons. The molecule has 29 heavy (non-hydrogen) atoms. The van der Waals surface area contributed by atoms with Crippen LogP contribution in [0.2, 0.25) is 0 Å². The third-order valence-electron chi connectivity index (χ3n) is 6.10. The average Bonchev–Trinajstić information content (AvgIpc) is 2.93. The minimum absolute atomic E-state index is 0.0566. The summed E-state index contributed by atoms with van der Waals surface area (Å²) >= 11 is 0. The zero-order valence-electron chi connectivity index (χ0n) is 17.4. The van der Waals surface area contributed by atoms with Crippen molar-refractivity contribution in [3.63, 3.8) is 0 Å². The maximum atomic E-state index is 12.6. The van der Waals surface area contributed by atoms with Crippen LogP contribution in [-0.2, 0) is 19.1 Å². The fourth-order valence-corrected chi connectivity index (χ4v) is 4.24. The zero-order valence-corrected chi connectivity index (χ0v) is 17.4. The number of amides is 2. The number of nitrogens with zero attached hydrogens (tertiary/aromatic N) is 1. The Kier molecular flexibility index (Phi) is 7.29. The highest BCUT2D eigenvalue weighted by atomic mass is 16.5. The van der Waals surface area contributed by atoms with Gasteiger partial charge in [0, 0.05) is 19.0 Å². The van der Waals surface area contributed by atoms with Crippen molar-refractivity contribution in [2.45, 2.75) is 77.0 Å². The van der Waals surface area contributed by atoms with Gasteiger partial charge in [0.25, 0.3) is 5.91 Å². The molecule has 2 aliphatic rings. The molecular formula is C23H32N2O4. The van der Waals surface area contributed by atoms with E-state index in [1.165, 1.54) is 12.8 Å². The zero-order chi connectivity index (χ0) is 20.8. The van der Waals surface area contributed by atoms with Gasteiger partial charge in [0.1, 0.15) is 0 Å². The molecule has 0 aromatic heterocycles. The fourth-order valence-electron chi connectivity index (χ4n) is 4.24. The Morgan fingerprint density at radius 1 is 1.07 bits per heavy atom. The van der Waals surface area contributed by atoms with E-state index in [4.69, 9.17) is 4.74 Å². The normalized spacial score (nSPS) is 22.6. The second kappa shape index (κ2) is 9.90. The van der Waals surface area contributed by atoms with Crippen LogP contribution in [0.5, 0.6) is 0 Å². The Labute approximate surface area is 173 Å². The molecule has 1 aliphatic carbocycles. The second-order valence-electron chi connectivity index (χ2n) is 8.31. The molecule has 6 heteroatoms. The Bertz CT molecular complexity index is 713. The van der Waals surface area contributed by atoms with Gasteiger partial charge in [-0.3, -0.25) is 14.4 Å². The van der Waals surface area contributed by atoms with E-state index < -0.39 is 18.0 Å². The molecule has 3 atom stereocenters. The molecule has 0 bridgehead atoms. The molecule has 1 N–H and O–H groups in total. The standard InChI is InChI=1S/C23H32N2O4/c1-16(18-10-6-5-7-11-18)25-15-19(14-21(25)26)23(28)29-17(2)22(27)24-20-12-8-3-4-9-13-20/h5-7,10-11,16-17,19-20H,3-4,8-9,12-15H2,1-2H3,(H,24,27)/t16-,17+,19-/m1/s1. The van der Waals surface area contributed by atoms with Gasteiger partial charge in [-0.1, -0.05) is 56.0 Å². The Balaban J connectivity index is 1.51. The molecular weight excluding hydrogens is 368 g/mol. The maximum Gasteiger partial charge on any atom is 0.312 e. The van der Waals surface area contributed by atoms with Crippen LogP contribution in [0.15, 0.2) is 30.3 Å². The van der Waals surface area contributed by atoms with Crippen LogP contribution in [0.4, 0.5) is 0 Å². The minimum atomic E-state index is -0.846. The molecule has 1 saturated carbocycles. The molecule has 6 nitrogen and oxygen atoms in total. The van der Waals surface area contributed by atoms with E-state index in [9.17, 15) is 14.4 Å². The van der Waals surface area contributed by atoms with Crippen LogP contribution in [0.1, 0.15) is 70.4 Å². The number of benzene rings is 1. The number of hydrogen-bond donors (Lipinski definition) is 1. The molecule has 1 aromatic rings. The number of hydrogen-bond acceptors (Lipinski definition) is 4. The summed E-state index contributed by atoms with van der Waals surface area (Å²) in [5.74, 6) is -1.30. The smallest absolute Gasteiger partial charge is 0.312 e. The van der Waals surface area contributed by atoms with Crippen LogP contribution < -0.4 is 5.32 Å². The number of likely N-dealkylation sites (tertiary alicyclic amines) is 1. The topological polar surface area (TPSA) is 75.7 Å². The van der Waals surface area contributed by atoms with Gasteiger partial charge in [-0.2, -0.15) is 0 Å². The van der Waals surface area contributed by atoms with Gasteiger partial charge in [-0.25, -0.2) is 0 Å². The van der Waals surface area contributed by atoms with Crippen LogP contribution in [0, 0.1) is 5.92 Å². The highest BCUT2D eigenvalue weighted by molar-refractivity contribution is 5.89. The molecule has 1 aromatic carbocycles. The molecule has 158 valence electrons. The summed E-state index contributed by atoms with van der Waals surface area (Å²) in [6, 6.07) is 9.83. The lowest BCUT2D eigenvalue weighted by Crippen LogP contribution is -2.42. The van der Waals surface area contributed by atoms with Crippen LogP contribution >= 0.6 is 0 Å². The highest BCUT2D eigenvalue weighted by Gasteiger charge is 2.39. The van der Waals surface area contributed by atoms with Gasteiger partial charge in [0.2, 0.25) is 5.91 Å². The number of esters is 1. The van der Waals surface area contributed by atoms with Gasteiger partial charge < -0.3 is 15.0 Å². The van der Waals surface area contributed by atoms with Crippen LogP contribution in [0.3, 0.4) is 0 Å². The summed E-state index contributed by atoms with van der Waals surface area (Å²) in [5, 5.41) is 3.02. The summed E-state index contributed by atoms with van der Waals surface area (Å²) in [7, 11) is 0. The van der Waals surface area contributed by atoms with Crippen molar-refractivity contribution in [1.29, 1.82) is 0 Å². The molecule has 2 fully saturated rings. The first-order chi connectivity index (χ1) is 14.0. The predicted molar refractivity (Wildman–Crippen MR) is 110 cm³/mol. The Hall–Kier alpha value is -2.37. The number of rotatable bonds is 6. The van der Waals surface area contributed by atoms with E-state index in [0.717, 1.165) is 31.2 Å². The summed E-state index contributed by atoms with van der Waals surface area (Å²) in [4.78, 5) is 39.2. The lowest BCUT2D eigenvalue weighted by atomic mass is 10.1. The molecule has 2 amide bonds. The average molecular weight is 401 g/mol. The number of carbonyl (C=O) groups excluding carboxylic acids is 3. The molecule has 3 rings (SSSR count). The van der Waals surface area contributed by atoms with E-state index in [1.54, 1.807) is 11.8 Å². The lowest BCUT2D eigenvalue weighted by molar-refractivity contribution is -0.158. The summed E-state index contributed by atoms with van der Waals surface area (Å²) in [6.07, 6.45) is 5.92. The fraction of sp³-hybridized carbons (Fsp3) is 0.609.